The average molecular weight is 346 g/mol. The largest absolute Gasteiger partial charge is 0.491 e. The van der Waals surface area contributed by atoms with Crippen molar-refractivity contribution in [2.24, 2.45) is 5.41 Å². The van der Waals surface area contributed by atoms with Gasteiger partial charge in [-0.3, -0.25) is 9.59 Å². The first-order valence-electron chi connectivity index (χ1n) is 9.04. The quantitative estimate of drug-likeness (QED) is 0.844. The fraction of sp³-hybridized carbons (Fsp3) is 0.600. The number of carbonyl (C=O) groups is 2. The van der Waals surface area contributed by atoms with E-state index in [1.807, 2.05) is 68.7 Å². The van der Waals surface area contributed by atoms with Gasteiger partial charge < -0.3 is 14.5 Å². The van der Waals surface area contributed by atoms with E-state index >= 15 is 0 Å². The first-order valence-corrected chi connectivity index (χ1v) is 9.04. The molecular formula is C20H30N2O3. The van der Waals surface area contributed by atoms with Gasteiger partial charge in [0.15, 0.2) is 0 Å². The van der Waals surface area contributed by atoms with Crippen LogP contribution in [0.3, 0.4) is 0 Å². The summed E-state index contributed by atoms with van der Waals surface area (Å²) in [5.41, 5.74) is 0.275. The average Bonchev–Trinajstić information content (AvgIpc) is 2.78. The summed E-state index contributed by atoms with van der Waals surface area (Å²) in [6.07, 6.45) is 0.917. The third-order valence-corrected chi connectivity index (χ3v) is 4.18. The lowest BCUT2D eigenvalue weighted by atomic mass is 9.94. The number of nitrogens with zero attached hydrogens (tertiary/aromatic N) is 2. The molecule has 1 heterocycles. The molecule has 138 valence electrons. The highest BCUT2D eigenvalue weighted by molar-refractivity contribution is 5.94. The van der Waals surface area contributed by atoms with Crippen molar-refractivity contribution in [1.29, 1.82) is 0 Å². The fourth-order valence-corrected chi connectivity index (χ4v) is 2.93. The normalized spacial score (nSPS) is 15.9. The zero-order valence-corrected chi connectivity index (χ0v) is 16.0. The molecule has 0 aliphatic carbocycles. The molecule has 0 aromatic heterocycles. The summed E-state index contributed by atoms with van der Waals surface area (Å²) >= 11 is 0. The maximum atomic E-state index is 12.7. The Labute approximate surface area is 150 Å². The molecule has 1 fully saturated rings. The van der Waals surface area contributed by atoms with Crippen molar-refractivity contribution in [1.82, 2.24) is 9.80 Å². The first-order chi connectivity index (χ1) is 11.7. The van der Waals surface area contributed by atoms with E-state index in [-0.39, 0.29) is 23.3 Å². The van der Waals surface area contributed by atoms with Crippen LogP contribution in [-0.2, 0) is 4.79 Å². The number of hydrogen-bond donors (Lipinski definition) is 0. The second-order valence-corrected chi connectivity index (χ2v) is 7.88. The SMILES string of the molecule is CC(C)Oc1ccc(C(=O)N2CCCN(C(=O)C(C)(C)C)CC2)cc1. The minimum absolute atomic E-state index is 0.0150. The lowest BCUT2D eigenvalue weighted by Gasteiger charge is -2.28. The third-order valence-electron chi connectivity index (χ3n) is 4.18. The van der Waals surface area contributed by atoms with E-state index in [0.29, 0.717) is 31.7 Å². The van der Waals surface area contributed by atoms with Gasteiger partial charge in [0.25, 0.3) is 5.91 Å². The van der Waals surface area contributed by atoms with E-state index in [4.69, 9.17) is 4.74 Å². The predicted octanol–water partition coefficient (Wildman–Crippen LogP) is 3.19. The van der Waals surface area contributed by atoms with Crippen LogP contribution in [0.25, 0.3) is 0 Å². The molecule has 5 heteroatoms. The zero-order chi connectivity index (χ0) is 18.6. The van der Waals surface area contributed by atoms with Crippen molar-refractivity contribution in [2.45, 2.75) is 47.1 Å². The van der Waals surface area contributed by atoms with Crippen LogP contribution in [0.15, 0.2) is 24.3 Å². The van der Waals surface area contributed by atoms with Crippen molar-refractivity contribution in [3.8, 4) is 5.75 Å². The Bertz CT molecular complexity index is 602. The maximum absolute atomic E-state index is 12.7. The van der Waals surface area contributed by atoms with E-state index in [2.05, 4.69) is 0 Å². The van der Waals surface area contributed by atoms with Crippen molar-refractivity contribution < 1.29 is 14.3 Å². The second kappa shape index (κ2) is 7.89. The van der Waals surface area contributed by atoms with Crippen LogP contribution in [0.5, 0.6) is 5.75 Å². The minimum atomic E-state index is -0.384. The van der Waals surface area contributed by atoms with Gasteiger partial charge in [0.05, 0.1) is 6.10 Å². The van der Waals surface area contributed by atoms with Gasteiger partial charge in [-0.1, -0.05) is 20.8 Å². The van der Waals surface area contributed by atoms with E-state index in [9.17, 15) is 9.59 Å². The van der Waals surface area contributed by atoms with Gasteiger partial charge in [-0.05, 0) is 44.5 Å². The molecule has 0 unspecified atom stereocenters. The van der Waals surface area contributed by atoms with Crippen molar-refractivity contribution in [2.75, 3.05) is 26.2 Å². The van der Waals surface area contributed by atoms with Crippen LogP contribution in [0.4, 0.5) is 0 Å². The Morgan fingerprint density at radius 2 is 1.52 bits per heavy atom. The monoisotopic (exact) mass is 346 g/mol. The lowest BCUT2D eigenvalue weighted by molar-refractivity contribution is -0.139. The first kappa shape index (κ1) is 19.3. The lowest BCUT2D eigenvalue weighted by Crippen LogP contribution is -2.42. The van der Waals surface area contributed by atoms with Gasteiger partial charge in [0, 0.05) is 37.2 Å². The van der Waals surface area contributed by atoms with Crippen LogP contribution in [0.2, 0.25) is 0 Å². The number of hydrogen-bond acceptors (Lipinski definition) is 3. The minimum Gasteiger partial charge on any atom is -0.491 e. The molecule has 2 amide bonds. The van der Waals surface area contributed by atoms with Gasteiger partial charge in [0.2, 0.25) is 5.91 Å². The molecular weight excluding hydrogens is 316 g/mol. The number of rotatable bonds is 3. The molecule has 0 bridgehead atoms. The smallest absolute Gasteiger partial charge is 0.253 e. The summed E-state index contributed by atoms with van der Waals surface area (Å²) in [6.45, 7) is 12.3. The van der Waals surface area contributed by atoms with Gasteiger partial charge in [-0.15, -0.1) is 0 Å². The molecule has 1 aliphatic heterocycles. The van der Waals surface area contributed by atoms with Crippen LogP contribution in [0, 0.1) is 5.41 Å². The number of carbonyl (C=O) groups excluding carboxylic acids is 2. The van der Waals surface area contributed by atoms with Crippen molar-refractivity contribution in [3.05, 3.63) is 29.8 Å². The molecule has 2 rings (SSSR count). The topological polar surface area (TPSA) is 49.9 Å². The van der Waals surface area contributed by atoms with Crippen molar-refractivity contribution >= 4 is 11.8 Å². The summed E-state index contributed by atoms with van der Waals surface area (Å²) in [6, 6.07) is 7.28. The third kappa shape index (κ3) is 5.21. The Kier molecular flexibility index (Phi) is 6.09. The highest BCUT2D eigenvalue weighted by atomic mass is 16.5. The van der Waals surface area contributed by atoms with E-state index in [0.717, 1.165) is 12.2 Å². The van der Waals surface area contributed by atoms with Gasteiger partial charge in [-0.2, -0.15) is 0 Å². The van der Waals surface area contributed by atoms with Gasteiger partial charge in [-0.25, -0.2) is 0 Å². The van der Waals surface area contributed by atoms with Gasteiger partial charge in [0.1, 0.15) is 5.75 Å². The van der Waals surface area contributed by atoms with Crippen LogP contribution >= 0.6 is 0 Å². The second-order valence-electron chi connectivity index (χ2n) is 7.88. The molecule has 5 nitrogen and oxygen atoms in total. The van der Waals surface area contributed by atoms with Crippen LogP contribution < -0.4 is 4.74 Å². The Morgan fingerprint density at radius 3 is 2.08 bits per heavy atom. The summed E-state index contributed by atoms with van der Waals surface area (Å²) in [4.78, 5) is 28.9. The van der Waals surface area contributed by atoms with Crippen LogP contribution in [-0.4, -0.2) is 53.9 Å². The molecule has 1 aromatic rings. The molecule has 0 N–H and O–H groups in total. The van der Waals surface area contributed by atoms with E-state index in [1.165, 1.54) is 0 Å². The van der Waals surface area contributed by atoms with Gasteiger partial charge >= 0.3 is 0 Å². The molecule has 0 radical (unpaired) electrons. The van der Waals surface area contributed by atoms with Crippen molar-refractivity contribution in [3.63, 3.8) is 0 Å². The van der Waals surface area contributed by atoms with E-state index < -0.39 is 0 Å². The molecule has 1 aliphatic rings. The predicted molar refractivity (Wildman–Crippen MR) is 98.8 cm³/mol. The standard InChI is InChI=1S/C20H30N2O3/c1-15(2)25-17-9-7-16(8-10-17)18(23)21-11-6-12-22(14-13-21)19(24)20(3,4)5/h7-10,15H,6,11-14H2,1-5H3. The summed E-state index contributed by atoms with van der Waals surface area (Å²) in [5, 5.41) is 0. The Balaban J connectivity index is 2.00. The Morgan fingerprint density at radius 1 is 0.960 bits per heavy atom. The number of ether oxygens (including phenoxy) is 1. The molecule has 0 spiro atoms. The summed E-state index contributed by atoms with van der Waals surface area (Å²) in [5.74, 6) is 0.933. The Hall–Kier alpha value is -2.04. The highest BCUT2D eigenvalue weighted by Gasteiger charge is 2.29. The number of benzene rings is 1. The molecule has 1 aromatic carbocycles. The number of amides is 2. The summed E-state index contributed by atoms with van der Waals surface area (Å²) in [7, 11) is 0. The zero-order valence-electron chi connectivity index (χ0n) is 16.0. The summed E-state index contributed by atoms with van der Waals surface area (Å²) < 4.78 is 5.62. The highest BCUT2D eigenvalue weighted by Crippen LogP contribution is 2.20. The van der Waals surface area contributed by atoms with E-state index in [1.54, 1.807) is 0 Å². The molecule has 1 saturated heterocycles. The van der Waals surface area contributed by atoms with Crippen LogP contribution in [0.1, 0.15) is 51.4 Å². The fourth-order valence-electron chi connectivity index (χ4n) is 2.93. The maximum Gasteiger partial charge on any atom is 0.253 e. The molecule has 0 saturated carbocycles. The molecule has 25 heavy (non-hydrogen) atoms. The molecule has 0 atom stereocenters.